The number of nitrogens with zero attached hydrogens (tertiary/aromatic N) is 1. The summed E-state index contributed by atoms with van der Waals surface area (Å²) >= 11 is 10.3. The summed E-state index contributed by atoms with van der Waals surface area (Å²) in [6.45, 7) is 4.30. The van der Waals surface area contributed by atoms with Gasteiger partial charge in [-0.2, -0.15) is 5.26 Å². The first-order valence-corrected chi connectivity index (χ1v) is 10.6. The molecule has 0 fully saturated rings. The fraction of sp³-hybridized carbons (Fsp3) is 0.200. The van der Waals surface area contributed by atoms with Gasteiger partial charge in [0.2, 0.25) is 0 Å². The highest BCUT2D eigenvalue weighted by Gasteiger charge is 2.16. The maximum Gasteiger partial charge on any atom is 0.266 e. The first-order valence-electron chi connectivity index (χ1n) is 8.19. The molecular weight excluding hydrogens is 556 g/mol. The summed E-state index contributed by atoms with van der Waals surface area (Å²) < 4.78 is 13.0. The number of carbonyl (C=O) groups is 1. The van der Waals surface area contributed by atoms with Gasteiger partial charge in [0.05, 0.1) is 23.9 Å². The van der Waals surface area contributed by atoms with Crippen LogP contribution >= 0.6 is 47.8 Å². The monoisotopic (exact) mass is 570 g/mol. The maximum absolute atomic E-state index is 12.6. The van der Waals surface area contributed by atoms with E-state index in [-0.39, 0.29) is 5.57 Å². The minimum absolute atomic E-state index is 0.0440. The Hall–Kier alpha value is -1.82. The van der Waals surface area contributed by atoms with Crippen molar-refractivity contribution in [2.75, 3.05) is 19.0 Å². The van der Waals surface area contributed by atoms with E-state index in [4.69, 9.17) is 9.47 Å². The van der Waals surface area contributed by atoms with Gasteiger partial charge in [-0.3, -0.25) is 4.79 Å². The summed E-state index contributed by atoms with van der Waals surface area (Å²) in [4.78, 5) is 12.6. The van der Waals surface area contributed by atoms with Gasteiger partial charge >= 0.3 is 0 Å². The third-order valence-electron chi connectivity index (χ3n) is 3.64. The smallest absolute Gasteiger partial charge is 0.266 e. The van der Waals surface area contributed by atoms with Gasteiger partial charge in [-0.15, -0.1) is 0 Å². The topological polar surface area (TPSA) is 71.3 Å². The van der Waals surface area contributed by atoms with Gasteiger partial charge in [-0.05, 0) is 103 Å². The number of aryl methyl sites for hydroxylation is 1. The van der Waals surface area contributed by atoms with E-state index in [0.29, 0.717) is 33.8 Å². The molecule has 0 radical (unpaired) electrons. The summed E-state index contributed by atoms with van der Waals surface area (Å²) in [7, 11) is 1.53. The molecule has 28 heavy (non-hydrogen) atoms. The zero-order chi connectivity index (χ0) is 20.8. The van der Waals surface area contributed by atoms with Crippen LogP contribution < -0.4 is 14.8 Å². The number of hydrogen-bond acceptors (Lipinski definition) is 4. The summed E-state index contributed by atoms with van der Waals surface area (Å²) in [6, 6.07) is 9.17. The fourth-order valence-corrected chi connectivity index (χ4v) is 4.61. The van der Waals surface area contributed by atoms with Gasteiger partial charge in [0, 0.05) is 8.95 Å². The number of carbonyl (C=O) groups excluding carboxylic acids is 1. The molecule has 0 unspecified atom stereocenters. The predicted molar refractivity (Wildman–Crippen MR) is 121 cm³/mol. The normalized spacial score (nSPS) is 11.0. The summed E-state index contributed by atoms with van der Waals surface area (Å²) in [5, 5.41) is 12.2. The molecule has 1 amide bonds. The zero-order valence-electron chi connectivity index (χ0n) is 15.4. The van der Waals surface area contributed by atoms with E-state index >= 15 is 0 Å². The number of nitrogens with one attached hydrogen (secondary N) is 1. The van der Waals surface area contributed by atoms with Crippen molar-refractivity contribution in [1.29, 1.82) is 5.26 Å². The average molecular weight is 573 g/mol. The molecule has 5 nitrogen and oxygen atoms in total. The molecule has 0 atom stereocenters. The van der Waals surface area contributed by atoms with Crippen LogP contribution in [0.3, 0.4) is 0 Å². The van der Waals surface area contributed by atoms with Crippen molar-refractivity contribution in [2.24, 2.45) is 0 Å². The van der Waals surface area contributed by atoms with Crippen molar-refractivity contribution in [3.05, 3.63) is 54.4 Å². The third-order valence-corrected chi connectivity index (χ3v) is 5.48. The molecule has 0 aromatic heterocycles. The number of rotatable bonds is 6. The number of benzene rings is 2. The second-order valence-electron chi connectivity index (χ2n) is 5.69. The fourth-order valence-electron chi connectivity index (χ4n) is 2.42. The van der Waals surface area contributed by atoms with Crippen LogP contribution in [0.25, 0.3) is 6.08 Å². The Morgan fingerprint density at radius 2 is 1.82 bits per heavy atom. The van der Waals surface area contributed by atoms with Crippen LogP contribution in [0.4, 0.5) is 5.69 Å². The summed E-state index contributed by atoms with van der Waals surface area (Å²) in [5.74, 6) is 0.554. The number of nitriles is 1. The Kier molecular flexibility index (Phi) is 8.10. The first-order chi connectivity index (χ1) is 13.3. The van der Waals surface area contributed by atoms with Crippen LogP contribution in [-0.2, 0) is 4.79 Å². The molecule has 146 valence electrons. The van der Waals surface area contributed by atoms with Crippen LogP contribution in [0.2, 0.25) is 0 Å². The highest BCUT2D eigenvalue weighted by molar-refractivity contribution is 9.11. The highest BCUT2D eigenvalue weighted by Crippen LogP contribution is 2.37. The van der Waals surface area contributed by atoms with Crippen molar-refractivity contribution < 1.29 is 14.3 Å². The van der Waals surface area contributed by atoms with Gasteiger partial charge < -0.3 is 14.8 Å². The Morgan fingerprint density at radius 3 is 2.36 bits per heavy atom. The molecule has 2 aromatic carbocycles. The van der Waals surface area contributed by atoms with Gasteiger partial charge in [0.25, 0.3) is 5.91 Å². The van der Waals surface area contributed by atoms with E-state index in [1.165, 1.54) is 13.2 Å². The van der Waals surface area contributed by atoms with E-state index in [1.54, 1.807) is 12.1 Å². The molecule has 0 bridgehead atoms. The molecule has 0 spiro atoms. The van der Waals surface area contributed by atoms with Crippen LogP contribution in [-0.4, -0.2) is 19.6 Å². The van der Waals surface area contributed by atoms with E-state index in [0.717, 1.165) is 14.5 Å². The molecule has 2 aromatic rings. The molecule has 8 heteroatoms. The second-order valence-corrected chi connectivity index (χ2v) is 8.26. The van der Waals surface area contributed by atoms with Gasteiger partial charge in [-0.1, -0.05) is 0 Å². The number of hydrogen-bond donors (Lipinski definition) is 1. The van der Waals surface area contributed by atoms with Crippen molar-refractivity contribution >= 4 is 65.5 Å². The third kappa shape index (κ3) is 5.37. The predicted octanol–water partition coefficient (Wildman–Crippen LogP) is 6.24. The van der Waals surface area contributed by atoms with Crippen molar-refractivity contribution in [2.45, 2.75) is 13.8 Å². The molecule has 0 heterocycles. The standard InChI is InChI=1S/C20H17Br3N2O3/c1-4-28-19-16(23)8-12(9-17(19)27-3)7-13(10-24)20(26)25-18-14(21)5-11(2)6-15(18)22/h5-9H,4H2,1-3H3,(H,25,26)/b13-7+. The van der Waals surface area contributed by atoms with E-state index < -0.39 is 5.91 Å². The molecule has 0 aliphatic heterocycles. The minimum atomic E-state index is -0.517. The van der Waals surface area contributed by atoms with Crippen molar-refractivity contribution in [3.63, 3.8) is 0 Å². The van der Waals surface area contributed by atoms with Gasteiger partial charge in [0.1, 0.15) is 11.6 Å². The summed E-state index contributed by atoms with van der Waals surface area (Å²) in [6.07, 6.45) is 1.49. The number of methoxy groups -OCH3 is 1. The van der Waals surface area contributed by atoms with Crippen LogP contribution in [0.1, 0.15) is 18.1 Å². The molecule has 1 N–H and O–H groups in total. The molecule has 0 saturated carbocycles. The van der Waals surface area contributed by atoms with Crippen molar-refractivity contribution in [3.8, 4) is 17.6 Å². The lowest BCUT2D eigenvalue weighted by molar-refractivity contribution is -0.112. The maximum atomic E-state index is 12.6. The van der Waals surface area contributed by atoms with Crippen LogP contribution in [0.15, 0.2) is 43.3 Å². The molecular formula is C20H17Br3N2O3. The lowest BCUT2D eigenvalue weighted by Crippen LogP contribution is -2.14. The van der Waals surface area contributed by atoms with Crippen LogP contribution in [0.5, 0.6) is 11.5 Å². The first kappa shape index (κ1) is 22.5. The molecule has 0 saturated heterocycles. The number of ether oxygens (including phenoxy) is 2. The van der Waals surface area contributed by atoms with E-state index in [2.05, 4.69) is 53.1 Å². The molecule has 0 aliphatic rings. The Labute approximate surface area is 189 Å². The highest BCUT2D eigenvalue weighted by atomic mass is 79.9. The number of halogens is 3. The molecule has 0 aliphatic carbocycles. The Morgan fingerprint density at radius 1 is 1.18 bits per heavy atom. The zero-order valence-corrected chi connectivity index (χ0v) is 20.2. The number of amides is 1. The summed E-state index contributed by atoms with van der Waals surface area (Å²) in [5.41, 5.74) is 2.17. The van der Waals surface area contributed by atoms with E-state index in [9.17, 15) is 10.1 Å². The van der Waals surface area contributed by atoms with Crippen molar-refractivity contribution in [1.82, 2.24) is 0 Å². The Bertz CT molecular complexity index is 958. The second kappa shape index (κ2) is 10.1. The minimum Gasteiger partial charge on any atom is -0.493 e. The van der Waals surface area contributed by atoms with Crippen LogP contribution in [0, 0.1) is 18.3 Å². The Balaban J connectivity index is 2.37. The molecule has 2 rings (SSSR count). The largest absolute Gasteiger partial charge is 0.493 e. The lowest BCUT2D eigenvalue weighted by atomic mass is 10.1. The van der Waals surface area contributed by atoms with Gasteiger partial charge in [-0.25, -0.2) is 0 Å². The van der Waals surface area contributed by atoms with E-state index in [1.807, 2.05) is 32.0 Å². The lowest BCUT2D eigenvalue weighted by Gasteiger charge is -2.13. The number of anilines is 1. The quantitative estimate of drug-likeness (QED) is 0.329. The SMILES string of the molecule is CCOc1c(Br)cc(/C=C(\C#N)C(=O)Nc2c(Br)cc(C)cc2Br)cc1OC. The average Bonchev–Trinajstić information content (AvgIpc) is 2.64. The van der Waals surface area contributed by atoms with Gasteiger partial charge in [0.15, 0.2) is 11.5 Å².